The summed E-state index contributed by atoms with van der Waals surface area (Å²) in [6.07, 6.45) is 1.30. The second kappa shape index (κ2) is 4.26. The SMILES string of the molecule is CNC(=O)CCc1c(C)nn(C)c1C. The Morgan fingerprint density at radius 2 is 2.14 bits per heavy atom. The number of aryl methyl sites for hydroxylation is 2. The minimum absolute atomic E-state index is 0.0765. The number of aromatic nitrogens is 2. The normalized spacial score (nSPS) is 10.3. The van der Waals surface area contributed by atoms with Crippen LogP contribution in [0.1, 0.15) is 23.4 Å². The number of nitrogens with one attached hydrogen (secondary N) is 1. The Labute approximate surface area is 84.3 Å². The van der Waals surface area contributed by atoms with E-state index in [0.717, 1.165) is 17.8 Å². The molecule has 78 valence electrons. The lowest BCUT2D eigenvalue weighted by atomic mass is 10.1. The molecule has 0 unspecified atom stereocenters. The van der Waals surface area contributed by atoms with Gasteiger partial charge in [-0.3, -0.25) is 9.48 Å². The van der Waals surface area contributed by atoms with Crippen LogP contribution in [0.25, 0.3) is 0 Å². The highest BCUT2D eigenvalue weighted by Crippen LogP contribution is 2.13. The second-order valence-corrected chi connectivity index (χ2v) is 3.45. The van der Waals surface area contributed by atoms with Gasteiger partial charge in [0.2, 0.25) is 5.91 Å². The fourth-order valence-corrected chi connectivity index (χ4v) is 1.54. The molecule has 1 heterocycles. The molecule has 0 saturated carbocycles. The smallest absolute Gasteiger partial charge is 0.220 e. The van der Waals surface area contributed by atoms with E-state index >= 15 is 0 Å². The Bertz CT molecular complexity index is 341. The predicted molar refractivity (Wildman–Crippen MR) is 55.1 cm³/mol. The standard InChI is InChI=1S/C10H17N3O/c1-7-9(5-6-10(14)11-3)8(2)13(4)12-7/h5-6H2,1-4H3,(H,11,14). The molecule has 14 heavy (non-hydrogen) atoms. The van der Waals surface area contributed by atoms with Gasteiger partial charge in [0, 0.05) is 26.2 Å². The Hall–Kier alpha value is -1.32. The number of carbonyl (C=O) groups is 1. The van der Waals surface area contributed by atoms with Crippen molar-refractivity contribution >= 4 is 5.91 Å². The highest BCUT2D eigenvalue weighted by molar-refractivity contribution is 5.75. The molecule has 0 radical (unpaired) electrons. The molecule has 0 fully saturated rings. The van der Waals surface area contributed by atoms with Crippen LogP contribution in [0.5, 0.6) is 0 Å². The van der Waals surface area contributed by atoms with Gasteiger partial charge in [-0.15, -0.1) is 0 Å². The molecule has 0 aromatic carbocycles. The van der Waals surface area contributed by atoms with Crippen molar-refractivity contribution in [3.05, 3.63) is 17.0 Å². The van der Waals surface area contributed by atoms with Crippen LogP contribution in [0.15, 0.2) is 0 Å². The van der Waals surface area contributed by atoms with Gasteiger partial charge in [-0.05, 0) is 25.8 Å². The zero-order valence-corrected chi connectivity index (χ0v) is 9.22. The van der Waals surface area contributed by atoms with E-state index in [1.807, 2.05) is 25.6 Å². The Kier molecular flexibility index (Phi) is 3.28. The van der Waals surface area contributed by atoms with E-state index in [0.29, 0.717) is 6.42 Å². The summed E-state index contributed by atoms with van der Waals surface area (Å²) in [6.45, 7) is 4.01. The molecule has 1 aromatic heterocycles. The largest absolute Gasteiger partial charge is 0.359 e. The number of rotatable bonds is 3. The van der Waals surface area contributed by atoms with E-state index < -0.39 is 0 Å². The van der Waals surface area contributed by atoms with E-state index in [2.05, 4.69) is 10.4 Å². The van der Waals surface area contributed by atoms with E-state index in [-0.39, 0.29) is 5.91 Å². The van der Waals surface area contributed by atoms with Crippen LogP contribution in [0, 0.1) is 13.8 Å². The topological polar surface area (TPSA) is 46.9 Å². The maximum Gasteiger partial charge on any atom is 0.220 e. The molecule has 0 aliphatic heterocycles. The molecule has 0 aliphatic carbocycles. The zero-order chi connectivity index (χ0) is 10.7. The van der Waals surface area contributed by atoms with Crippen LogP contribution >= 0.6 is 0 Å². The molecule has 0 bridgehead atoms. The monoisotopic (exact) mass is 195 g/mol. The first-order valence-electron chi connectivity index (χ1n) is 4.76. The molecule has 0 atom stereocenters. The fourth-order valence-electron chi connectivity index (χ4n) is 1.54. The third-order valence-corrected chi connectivity index (χ3v) is 2.54. The molecule has 1 aromatic rings. The molecule has 1 amide bonds. The number of carbonyl (C=O) groups excluding carboxylic acids is 1. The van der Waals surface area contributed by atoms with Crippen molar-refractivity contribution in [2.75, 3.05) is 7.05 Å². The minimum Gasteiger partial charge on any atom is -0.359 e. The lowest BCUT2D eigenvalue weighted by molar-refractivity contribution is -0.120. The molecule has 4 nitrogen and oxygen atoms in total. The van der Waals surface area contributed by atoms with Crippen molar-refractivity contribution in [1.82, 2.24) is 15.1 Å². The third-order valence-electron chi connectivity index (χ3n) is 2.54. The number of nitrogens with zero attached hydrogens (tertiary/aromatic N) is 2. The van der Waals surface area contributed by atoms with Crippen LogP contribution in [0.2, 0.25) is 0 Å². The Morgan fingerprint density at radius 1 is 1.50 bits per heavy atom. The van der Waals surface area contributed by atoms with E-state index in [1.54, 1.807) is 7.05 Å². The highest BCUT2D eigenvalue weighted by atomic mass is 16.1. The number of hydrogen-bond donors (Lipinski definition) is 1. The molecule has 0 spiro atoms. The van der Waals surface area contributed by atoms with Gasteiger partial charge in [0.15, 0.2) is 0 Å². The highest BCUT2D eigenvalue weighted by Gasteiger charge is 2.10. The van der Waals surface area contributed by atoms with Gasteiger partial charge >= 0.3 is 0 Å². The Morgan fingerprint density at radius 3 is 2.57 bits per heavy atom. The van der Waals surface area contributed by atoms with Gasteiger partial charge in [0.25, 0.3) is 0 Å². The van der Waals surface area contributed by atoms with E-state index in [1.165, 1.54) is 5.56 Å². The summed E-state index contributed by atoms with van der Waals surface area (Å²) >= 11 is 0. The maximum atomic E-state index is 11.1. The molecular formula is C10H17N3O. The molecule has 0 aliphatic rings. The second-order valence-electron chi connectivity index (χ2n) is 3.45. The fraction of sp³-hybridized carbons (Fsp3) is 0.600. The first-order chi connectivity index (χ1) is 6.56. The predicted octanol–water partition coefficient (Wildman–Crippen LogP) is 0.716. The first kappa shape index (κ1) is 10.8. The average molecular weight is 195 g/mol. The summed E-state index contributed by atoms with van der Waals surface area (Å²) in [7, 11) is 3.58. The number of amides is 1. The van der Waals surface area contributed by atoms with Crippen molar-refractivity contribution in [3.63, 3.8) is 0 Å². The summed E-state index contributed by atoms with van der Waals surface area (Å²) in [5, 5.41) is 6.91. The average Bonchev–Trinajstić information content (AvgIpc) is 2.39. The van der Waals surface area contributed by atoms with Gasteiger partial charge in [-0.25, -0.2) is 0 Å². The maximum absolute atomic E-state index is 11.1. The van der Waals surface area contributed by atoms with Gasteiger partial charge in [-0.1, -0.05) is 0 Å². The van der Waals surface area contributed by atoms with Crippen molar-refractivity contribution in [2.45, 2.75) is 26.7 Å². The lowest BCUT2D eigenvalue weighted by Gasteiger charge is -2.01. The van der Waals surface area contributed by atoms with Crippen LogP contribution in [-0.2, 0) is 18.3 Å². The molecule has 0 saturated heterocycles. The first-order valence-corrected chi connectivity index (χ1v) is 4.76. The molecule has 4 heteroatoms. The van der Waals surface area contributed by atoms with Gasteiger partial charge < -0.3 is 5.32 Å². The minimum atomic E-state index is 0.0765. The lowest BCUT2D eigenvalue weighted by Crippen LogP contribution is -2.18. The summed E-state index contributed by atoms with van der Waals surface area (Å²) in [5.41, 5.74) is 3.36. The summed E-state index contributed by atoms with van der Waals surface area (Å²) in [5.74, 6) is 0.0765. The van der Waals surface area contributed by atoms with Crippen LogP contribution in [-0.4, -0.2) is 22.7 Å². The van der Waals surface area contributed by atoms with Crippen LogP contribution < -0.4 is 5.32 Å². The van der Waals surface area contributed by atoms with E-state index in [4.69, 9.17) is 0 Å². The van der Waals surface area contributed by atoms with Gasteiger partial charge in [-0.2, -0.15) is 5.10 Å². The summed E-state index contributed by atoms with van der Waals surface area (Å²) < 4.78 is 1.86. The summed E-state index contributed by atoms with van der Waals surface area (Å²) in [6, 6.07) is 0. The molecule has 1 rings (SSSR count). The van der Waals surface area contributed by atoms with Crippen LogP contribution in [0.4, 0.5) is 0 Å². The van der Waals surface area contributed by atoms with Crippen molar-refractivity contribution < 1.29 is 4.79 Å². The molecular weight excluding hydrogens is 178 g/mol. The zero-order valence-electron chi connectivity index (χ0n) is 9.22. The quantitative estimate of drug-likeness (QED) is 0.772. The van der Waals surface area contributed by atoms with Crippen LogP contribution in [0.3, 0.4) is 0 Å². The third kappa shape index (κ3) is 2.13. The van der Waals surface area contributed by atoms with Crippen molar-refractivity contribution in [2.24, 2.45) is 7.05 Å². The van der Waals surface area contributed by atoms with Gasteiger partial charge in [0.05, 0.1) is 5.69 Å². The van der Waals surface area contributed by atoms with Crippen molar-refractivity contribution in [3.8, 4) is 0 Å². The van der Waals surface area contributed by atoms with Gasteiger partial charge in [0.1, 0.15) is 0 Å². The Balaban J connectivity index is 2.71. The molecule has 1 N–H and O–H groups in total. The number of hydrogen-bond acceptors (Lipinski definition) is 2. The van der Waals surface area contributed by atoms with E-state index in [9.17, 15) is 4.79 Å². The van der Waals surface area contributed by atoms with Crippen molar-refractivity contribution in [1.29, 1.82) is 0 Å². The summed E-state index contributed by atoms with van der Waals surface area (Å²) in [4.78, 5) is 11.1.